The molecule has 0 aromatic carbocycles. The number of aromatic amines is 1. The predicted octanol–water partition coefficient (Wildman–Crippen LogP) is -0.0793. The van der Waals surface area contributed by atoms with E-state index in [0.717, 1.165) is 4.57 Å². The van der Waals surface area contributed by atoms with E-state index in [1.807, 2.05) is 4.98 Å². The third kappa shape index (κ3) is 2.29. The van der Waals surface area contributed by atoms with Crippen molar-refractivity contribution in [3.05, 3.63) is 26.4 Å². The molecule has 7 heteroatoms. The quantitative estimate of drug-likeness (QED) is 0.736. The Morgan fingerprint density at radius 2 is 1.94 bits per heavy atom. The first kappa shape index (κ1) is 14.0. The molecule has 7 nitrogen and oxygen atoms in total. The molecule has 0 saturated carbocycles. The fraction of sp³-hybridized carbons (Fsp3) is 0.545. The van der Waals surface area contributed by atoms with Gasteiger partial charge in [0, 0.05) is 0 Å². The summed E-state index contributed by atoms with van der Waals surface area (Å²) in [6.07, 6.45) is 0. The zero-order valence-electron chi connectivity index (χ0n) is 10.7. The summed E-state index contributed by atoms with van der Waals surface area (Å²) >= 11 is 0. The molecule has 1 rings (SSSR count). The summed E-state index contributed by atoms with van der Waals surface area (Å²) in [6.45, 7) is 4.76. The van der Waals surface area contributed by atoms with Gasteiger partial charge in [-0.3, -0.25) is 9.78 Å². The summed E-state index contributed by atoms with van der Waals surface area (Å²) in [6, 6.07) is -0.988. The average molecular weight is 256 g/mol. The fourth-order valence-electron chi connectivity index (χ4n) is 1.68. The van der Waals surface area contributed by atoms with Crippen molar-refractivity contribution in [1.29, 1.82) is 0 Å². The third-order valence-corrected chi connectivity index (χ3v) is 2.70. The highest BCUT2D eigenvalue weighted by Gasteiger charge is 2.29. The number of esters is 1. The molecule has 1 heterocycles. The predicted molar refractivity (Wildman–Crippen MR) is 63.6 cm³/mol. The number of ether oxygens (including phenoxy) is 1. The van der Waals surface area contributed by atoms with Crippen LogP contribution in [-0.2, 0) is 9.53 Å². The Hall–Kier alpha value is -2.05. The van der Waals surface area contributed by atoms with E-state index in [4.69, 9.17) is 0 Å². The van der Waals surface area contributed by atoms with Gasteiger partial charge in [0.15, 0.2) is 0 Å². The Morgan fingerprint density at radius 1 is 1.39 bits per heavy atom. The molecule has 0 amide bonds. The number of nitrogens with one attached hydrogen (secondary N) is 1. The largest absolute Gasteiger partial charge is 0.494 e. The Labute approximate surface area is 103 Å². The molecule has 0 aliphatic rings. The fourth-order valence-corrected chi connectivity index (χ4v) is 1.68. The number of H-pyrrole nitrogens is 1. The van der Waals surface area contributed by atoms with Crippen LogP contribution in [0.5, 0.6) is 5.88 Å². The molecule has 0 spiro atoms. The molecule has 0 aliphatic carbocycles. The molecule has 0 saturated heterocycles. The van der Waals surface area contributed by atoms with E-state index in [0.29, 0.717) is 0 Å². The lowest BCUT2D eigenvalue weighted by molar-refractivity contribution is -0.146. The van der Waals surface area contributed by atoms with Crippen molar-refractivity contribution < 1.29 is 14.6 Å². The first-order valence-corrected chi connectivity index (χ1v) is 5.43. The maximum absolute atomic E-state index is 11.7. The van der Waals surface area contributed by atoms with Gasteiger partial charge >= 0.3 is 11.7 Å². The average Bonchev–Trinajstić information content (AvgIpc) is 2.30. The first-order valence-electron chi connectivity index (χ1n) is 5.43. The van der Waals surface area contributed by atoms with Gasteiger partial charge in [-0.15, -0.1) is 0 Å². The number of rotatable bonds is 3. The second-order valence-corrected chi connectivity index (χ2v) is 4.29. The Morgan fingerprint density at radius 3 is 2.39 bits per heavy atom. The highest BCUT2D eigenvalue weighted by Crippen LogP contribution is 2.22. The Kier molecular flexibility index (Phi) is 3.95. The number of hydrogen-bond donors (Lipinski definition) is 2. The van der Waals surface area contributed by atoms with Gasteiger partial charge < -0.3 is 9.84 Å². The van der Waals surface area contributed by atoms with E-state index in [9.17, 15) is 19.5 Å². The lowest BCUT2D eigenvalue weighted by Gasteiger charge is -2.22. The van der Waals surface area contributed by atoms with Gasteiger partial charge in [0.05, 0.1) is 12.7 Å². The highest BCUT2D eigenvalue weighted by atomic mass is 16.5. The first-order chi connectivity index (χ1) is 8.31. The van der Waals surface area contributed by atoms with E-state index in [1.165, 1.54) is 14.0 Å². The maximum atomic E-state index is 11.7. The van der Waals surface area contributed by atoms with E-state index < -0.39 is 29.1 Å². The smallest absolute Gasteiger partial charge is 0.331 e. The van der Waals surface area contributed by atoms with Crippen LogP contribution in [0.25, 0.3) is 0 Å². The van der Waals surface area contributed by atoms with Crippen molar-refractivity contribution in [2.75, 3.05) is 7.11 Å². The van der Waals surface area contributed by atoms with Crippen LogP contribution in [0.3, 0.4) is 0 Å². The summed E-state index contributed by atoms with van der Waals surface area (Å²) in [7, 11) is 1.19. The minimum absolute atomic E-state index is 0.0239. The van der Waals surface area contributed by atoms with E-state index in [-0.39, 0.29) is 11.5 Å². The topological polar surface area (TPSA) is 101 Å². The van der Waals surface area contributed by atoms with E-state index in [2.05, 4.69) is 4.74 Å². The number of aromatic hydroxyl groups is 1. The van der Waals surface area contributed by atoms with Gasteiger partial charge in [0.25, 0.3) is 5.56 Å². The molecule has 0 radical (unpaired) electrons. The molecule has 0 fully saturated rings. The van der Waals surface area contributed by atoms with Crippen molar-refractivity contribution in [3.8, 4) is 5.88 Å². The van der Waals surface area contributed by atoms with Gasteiger partial charge in [0.2, 0.25) is 5.88 Å². The van der Waals surface area contributed by atoms with Gasteiger partial charge in [-0.2, -0.15) is 0 Å². The van der Waals surface area contributed by atoms with Gasteiger partial charge in [-0.25, -0.2) is 14.2 Å². The molecule has 2 N–H and O–H groups in total. The lowest BCUT2D eigenvalue weighted by Crippen LogP contribution is -2.38. The Bertz CT molecular complexity index is 570. The van der Waals surface area contributed by atoms with Gasteiger partial charge in [-0.1, -0.05) is 13.8 Å². The van der Waals surface area contributed by atoms with Gasteiger partial charge in [-0.05, 0) is 12.8 Å². The van der Waals surface area contributed by atoms with Crippen molar-refractivity contribution in [2.24, 2.45) is 5.92 Å². The molecule has 1 aromatic rings. The number of nitrogens with zero attached hydrogens (tertiary/aromatic N) is 1. The number of carbonyl (C=O) groups excluding carboxylic acids is 1. The Balaban J connectivity index is 3.57. The molecule has 1 aromatic heterocycles. The summed E-state index contributed by atoms with van der Waals surface area (Å²) in [5.74, 6) is -1.46. The minimum Gasteiger partial charge on any atom is -0.494 e. The maximum Gasteiger partial charge on any atom is 0.331 e. The SMILES string of the molecule is COC(=O)C(C(C)C)n1c(O)c(C)c(=O)[nH]c1=O. The molecular weight excluding hydrogens is 240 g/mol. The molecule has 1 atom stereocenters. The molecular formula is C11H16N2O5. The third-order valence-electron chi connectivity index (χ3n) is 2.70. The summed E-state index contributed by atoms with van der Waals surface area (Å²) in [4.78, 5) is 36.7. The minimum atomic E-state index is -0.988. The summed E-state index contributed by atoms with van der Waals surface area (Å²) < 4.78 is 5.45. The monoisotopic (exact) mass is 256 g/mol. The molecule has 100 valence electrons. The van der Waals surface area contributed by atoms with Crippen molar-refractivity contribution >= 4 is 5.97 Å². The van der Waals surface area contributed by atoms with Crippen molar-refractivity contribution in [1.82, 2.24) is 9.55 Å². The van der Waals surface area contributed by atoms with Crippen LogP contribution in [-0.4, -0.2) is 27.7 Å². The van der Waals surface area contributed by atoms with Gasteiger partial charge in [0.1, 0.15) is 6.04 Å². The standard InChI is InChI=1S/C11H16N2O5/c1-5(2)7(10(16)18-4)13-9(15)6(3)8(14)12-11(13)17/h5,7,15H,1-4H3,(H,12,14,17). The van der Waals surface area contributed by atoms with E-state index in [1.54, 1.807) is 13.8 Å². The second kappa shape index (κ2) is 5.07. The highest BCUT2D eigenvalue weighted by molar-refractivity contribution is 5.74. The number of aromatic nitrogens is 2. The molecule has 0 bridgehead atoms. The van der Waals surface area contributed by atoms with Crippen LogP contribution in [0.2, 0.25) is 0 Å². The van der Waals surface area contributed by atoms with Crippen LogP contribution in [0.4, 0.5) is 0 Å². The summed E-state index contributed by atoms with van der Waals surface area (Å²) in [5.41, 5.74) is -1.54. The van der Waals surface area contributed by atoms with E-state index >= 15 is 0 Å². The second-order valence-electron chi connectivity index (χ2n) is 4.29. The van der Waals surface area contributed by atoms with Crippen LogP contribution < -0.4 is 11.2 Å². The number of methoxy groups -OCH3 is 1. The van der Waals surface area contributed by atoms with Crippen LogP contribution >= 0.6 is 0 Å². The molecule has 18 heavy (non-hydrogen) atoms. The number of carbonyl (C=O) groups is 1. The normalized spacial score (nSPS) is 12.5. The van der Waals surface area contributed by atoms with Crippen LogP contribution in [0.1, 0.15) is 25.5 Å². The van der Waals surface area contributed by atoms with Crippen LogP contribution in [0.15, 0.2) is 9.59 Å². The summed E-state index contributed by atoms with van der Waals surface area (Å²) in [5, 5.41) is 9.86. The van der Waals surface area contributed by atoms with Crippen molar-refractivity contribution in [3.63, 3.8) is 0 Å². The van der Waals surface area contributed by atoms with Crippen molar-refractivity contribution in [2.45, 2.75) is 26.8 Å². The molecule has 1 unspecified atom stereocenters. The lowest BCUT2D eigenvalue weighted by atomic mass is 10.0. The zero-order valence-corrected chi connectivity index (χ0v) is 10.7. The molecule has 0 aliphatic heterocycles. The number of hydrogen-bond acceptors (Lipinski definition) is 5. The van der Waals surface area contributed by atoms with Crippen LogP contribution in [0, 0.1) is 12.8 Å². The zero-order chi connectivity index (χ0) is 14.0.